The van der Waals surface area contributed by atoms with E-state index in [1.807, 2.05) is 51.1 Å². The third kappa shape index (κ3) is 4.20. The van der Waals surface area contributed by atoms with E-state index in [0.717, 1.165) is 5.69 Å². The Hall–Kier alpha value is -1.90. The lowest BCUT2D eigenvalue weighted by Crippen LogP contribution is -2.36. The average Bonchev–Trinajstić information content (AvgIpc) is 2.99. The van der Waals surface area contributed by atoms with E-state index in [9.17, 15) is 4.79 Å². The topological polar surface area (TPSA) is 72.7 Å². The Kier molecular flexibility index (Phi) is 5.12. The van der Waals surface area contributed by atoms with Gasteiger partial charge in [-0.2, -0.15) is 5.10 Å². The van der Waals surface area contributed by atoms with Crippen molar-refractivity contribution in [1.82, 2.24) is 20.0 Å². The number of anilines is 2. The maximum atomic E-state index is 12.4. The van der Waals surface area contributed by atoms with Gasteiger partial charge in [0.15, 0.2) is 4.34 Å². The lowest BCUT2D eigenvalue weighted by Gasteiger charge is -2.20. The lowest BCUT2D eigenvalue weighted by molar-refractivity contribution is 0.336. The van der Waals surface area contributed by atoms with Crippen LogP contribution < -0.4 is 10.9 Å². The Morgan fingerprint density at radius 3 is 2.60 bits per heavy atom. The van der Waals surface area contributed by atoms with Crippen LogP contribution in [0.25, 0.3) is 0 Å². The number of aromatic nitrogens is 4. The number of hydrogen-bond donors (Lipinski definition) is 1. The Morgan fingerprint density at radius 1 is 1.20 bits per heavy atom. The molecule has 0 fully saturated rings. The van der Waals surface area contributed by atoms with Crippen LogP contribution in [0.5, 0.6) is 0 Å². The van der Waals surface area contributed by atoms with Gasteiger partial charge in [0.25, 0.3) is 5.56 Å². The van der Waals surface area contributed by atoms with Crippen LogP contribution in [-0.4, -0.2) is 20.0 Å². The Morgan fingerprint density at radius 2 is 1.92 bits per heavy atom. The summed E-state index contributed by atoms with van der Waals surface area (Å²) in [6, 6.07) is 9.72. The molecule has 3 aromatic rings. The predicted molar refractivity (Wildman–Crippen MR) is 102 cm³/mol. The standard InChI is InChI=1S/C16H16ClN5OS2/c1-16(2,3)22-13(23)12(17)11(9-18-22)24-15-21-20-14(25-15)19-10-7-5-4-6-8-10/h4-9H,1-3H3,(H,19,20). The first-order chi connectivity index (χ1) is 11.8. The fourth-order valence-electron chi connectivity index (χ4n) is 2.01. The molecule has 0 aliphatic carbocycles. The quantitative estimate of drug-likeness (QED) is 0.708. The summed E-state index contributed by atoms with van der Waals surface area (Å²) >= 11 is 8.90. The van der Waals surface area contributed by atoms with Crippen molar-refractivity contribution < 1.29 is 0 Å². The third-order valence-electron chi connectivity index (χ3n) is 3.15. The molecule has 0 aliphatic heterocycles. The van der Waals surface area contributed by atoms with Crippen molar-refractivity contribution in [2.75, 3.05) is 5.32 Å². The molecular formula is C16H16ClN5OS2. The highest BCUT2D eigenvalue weighted by molar-refractivity contribution is 8.01. The molecule has 0 spiro atoms. The van der Waals surface area contributed by atoms with Crippen LogP contribution in [0.2, 0.25) is 5.02 Å². The number of nitrogens with zero attached hydrogens (tertiary/aromatic N) is 4. The highest BCUT2D eigenvalue weighted by Gasteiger charge is 2.20. The van der Waals surface area contributed by atoms with Gasteiger partial charge in [-0.05, 0) is 32.9 Å². The Labute approximate surface area is 158 Å². The average molecular weight is 394 g/mol. The zero-order valence-corrected chi connectivity index (χ0v) is 16.2. The van der Waals surface area contributed by atoms with Gasteiger partial charge in [0.1, 0.15) is 5.02 Å². The van der Waals surface area contributed by atoms with Gasteiger partial charge in [-0.25, -0.2) is 4.68 Å². The SMILES string of the molecule is CC(C)(C)n1ncc(Sc2nnc(Nc3ccccc3)s2)c(Cl)c1=O. The monoisotopic (exact) mass is 393 g/mol. The van der Waals surface area contributed by atoms with Crippen molar-refractivity contribution >= 4 is 45.5 Å². The molecule has 0 unspecified atom stereocenters. The van der Waals surface area contributed by atoms with Gasteiger partial charge in [0, 0.05) is 5.69 Å². The summed E-state index contributed by atoms with van der Waals surface area (Å²) < 4.78 is 2.05. The Balaban J connectivity index is 1.80. The predicted octanol–water partition coefficient (Wildman–Crippen LogP) is 4.40. The van der Waals surface area contributed by atoms with Crippen LogP contribution in [0.1, 0.15) is 20.8 Å². The number of rotatable bonds is 4. The summed E-state index contributed by atoms with van der Waals surface area (Å²) in [6.45, 7) is 5.70. The molecule has 3 rings (SSSR count). The summed E-state index contributed by atoms with van der Waals surface area (Å²) in [6.07, 6.45) is 1.59. The van der Waals surface area contributed by atoms with Crippen molar-refractivity contribution in [3.8, 4) is 0 Å². The zero-order valence-electron chi connectivity index (χ0n) is 13.9. The minimum absolute atomic E-state index is 0.141. The molecule has 0 saturated heterocycles. The third-order valence-corrected chi connectivity index (χ3v) is 5.55. The maximum absolute atomic E-state index is 12.4. The van der Waals surface area contributed by atoms with Gasteiger partial charge in [-0.3, -0.25) is 4.79 Å². The lowest BCUT2D eigenvalue weighted by atomic mass is 10.1. The molecule has 6 nitrogen and oxygen atoms in total. The maximum Gasteiger partial charge on any atom is 0.287 e. The summed E-state index contributed by atoms with van der Waals surface area (Å²) in [5, 5.41) is 16.4. The highest BCUT2D eigenvalue weighted by atomic mass is 35.5. The number of para-hydroxylation sites is 1. The van der Waals surface area contributed by atoms with E-state index in [0.29, 0.717) is 14.4 Å². The molecule has 130 valence electrons. The van der Waals surface area contributed by atoms with Crippen LogP contribution >= 0.6 is 34.7 Å². The molecule has 0 amide bonds. The number of benzene rings is 1. The second-order valence-corrected chi connectivity index (χ2v) is 8.82. The molecule has 25 heavy (non-hydrogen) atoms. The van der Waals surface area contributed by atoms with Crippen molar-refractivity contribution in [3.05, 3.63) is 51.9 Å². The summed E-state index contributed by atoms with van der Waals surface area (Å²) in [5.74, 6) is 0. The molecule has 2 aromatic heterocycles. The van der Waals surface area contributed by atoms with Gasteiger partial charge >= 0.3 is 0 Å². The zero-order chi connectivity index (χ0) is 18.0. The fraction of sp³-hybridized carbons (Fsp3) is 0.250. The summed E-state index contributed by atoms with van der Waals surface area (Å²) in [5.41, 5.74) is 0.188. The van der Waals surface area contributed by atoms with Crippen LogP contribution in [0.4, 0.5) is 10.8 Å². The molecule has 0 aliphatic rings. The molecule has 0 saturated carbocycles. The van der Waals surface area contributed by atoms with E-state index in [1.54, 1.807) is 6.20 Å². The smallest absolute Gasteiger partial charge is 0.287 e. The van der Waals surface area contributed by atoms with Crippen LogP contribution in [-0.2, 0) is 5.54 Å². The first-order valence-corrected chi connectivity index (χ1v) is 9.47. The van der Waals surface area contributed by atoms with E-state index in [4.69, 9.17) is 11.6 Å². The van der Waals surface area contributed by atoms with E-state index in [-0.39, 0.29) is 10.6 Å². The minimum Gasteiger partial charge on any atom is -0.330 e. The van der Waals surface area contributed by atoms with Gasteiger partial charge < -0.3 is 5.32 Å². The van der Waals surface area contributed by atoms with Crippen LogP contribution in [0, 0.1) is 0 Å². The van der Waals surface area contributed by atoms with E-state index < -0.39 is 5.54 Å². The van der Waals surface area contributed by atoms with Crippen molar-refractivity contribution in [2.45, 2.75) is 35.5 Å². The number of hydrogen-bond acceptors (Lipinski definition) is 7. The largest absolute Gasteiger partial charge is 0.330 e. The molecule has 9 heteroatoms. The van der Waals surface area contributed by atoms with Gasteiger partial charge in [0.05, 0.1) is 16.6 Å². The first-order valence-electron chi connectivity index (χ1n) is 7.46. The second-order valence-electron chi connectivity index (χ2n) is 6.18. The molecule has 1 aromatic carbocycles. The van der Waals surface area contributed by atoms with Crippen LogP contribution in [0.15, 0.2) is 50.6 Å². The minimum atomic E-state index is -0.431. The van der Waals surface area contributed by atoms with Crippen molar-refractivity contribution in [3.63, 3.8) is 0 Å². The molecular weight excluding hydrogens is 378 g/mol. The summed E-state index contributed by atoms with van der Waals surface area (Å²) in [4.78, 5) is 12.9. The molecule has 0 atom stereocenters. The van der Waals surface area contributed by atoms with E-state index >= 15 is 0 Å². The molecule has 0 bridgehead atoms. The number of halogens is 1. The first kappa shape index (κ1) is 17.9. The summed E-state index contributed by atoms with van der Waals surface area (Å²) in [7, 11) is 0. The molecule has 0 radical (unpaired) electrons. The van der Waals surface area contributed by atoms with Crippen LogP contribution in [0.3, 0.4) is 0 Å². The van der Waals surface area contributed by atoms with Crippen molar-refractivity contribution in [1.29, 1.82) is 0 Å². The van der Waals surface area contributed by atoms with Gasteiger partial charge in [-0.15, -0.1) is 10.2 Å². The Bertz CT molecular complexity index is 934. The van der Waals surface area contributed by atoms with E-state index in [1.165, 1.54) is 27.8 Å². The van der Waals surface area contributed by atoms with Gasteiger partial charge in [-0.1, -0.05) is 52.9 Å². The number of nitrogens with one attached hydrogen (secondary N) is 1. The molecule has 2 heterocycles. The molecule has 1 N–H and O–H groups in total. The second kappa shape index (κ2) is 7.15. The fourth-order valence-corrected chi connectivity index (χ4v) is 3.97. The van der Waals surface area contributed by atoms with E-state index in [2.05, 4.69) is 20.6 Å². The normalized spacial score (nSPS) is 11.5. The highest BCUT2D eigenvalue weighted by Crippen LogP contribution is 2.35. The van der Waals surface area contributed by atoms with Gasteiger partial charge in [0.2, 0.25) is 5.13 Å². The van der Waals surface area contributed by atoms with Crippen molar-refractivity contribution in [2.24, 2.45) is 0 Å².